The maximum atomic E-state index is 5.37. The van der Waals surface area contributed by atoms with Crippen LogP contribution in [0.2, 0.25) is 0 Å². The number of allylic oxidation sites excluding steroid dienone is 1. The number of hydrogen-bond acceptors (Lipinski definition) is 2. The third-order valence-corrected chi connectivity index (χ3v) is 1.91. The molecule has 0 bridgehead atoms. The molecule has 0 fully saturated rings. The molecule has 0 amide bonds. The van der Waals surface area contributed by atoms with Gasteiger partial charge in [0.15, 0.2) is 0 Å². The van der Waals surface area contributed by atoms with Crippen molar-refractivity contribution in [1.29, 1.82) is 0 Å². The maximum Gasteiger partial charge on any atom is 0.0736 e. The highest BCUT2D eigenvalue weighted by molar-refractivity contribution is 9.10. The molecular weight excluding hydrogens is 230 g/mol. The molecule has 13 heavy (non-hydrogen) atoms. The van der Waals surface area contributed by atoms with Crippen LogP contribution in [0.4, 0.5) is 0 Å². The Bertz CT molecular complexity index is 286. The average Bonchev–Trinajstić information content (AvgIpc) is 2.13. The van der Waals surface area contributed by atoms with Crippen LogP contribution < -0.4 is 0 Å². The maximum absolute atomic E-state index is 5.37. The highest BCUT2D eigenvalue weighted by Gasteiger charge is 1.93. The van der Waals surface area contributed by atoms with Crippen LogP contribution in [0.3, 0.4) is 0 Å². The van der Waals surface area contributed by atoms with Crippen molar-refractivity contribution < 1.29 is 4.74 Å². The molecule has 0 aliphatic carbocycles. The van der Waals surface area contributed by atoms with Crippen LogP contribution in [0, 0.1) is 0 Å². The molecular formula is C10H12BrNO. The molecule has 0 saturated carbocycles. The van der Waals surface area contributed by atoms with Gasteiger partial charge in [0, 0.05) is 16.9 Å². The first-order valence-corrected chi connectivity index (χ1v) is 4.90. The predicted molar refractivity (Wildman–Crippen MR) is 56.4 cm³/mol. The van der Waals surface area contributed by atoms with Crippen LogP contribution in [0.25, 0.3) is 0 Å². The number of halogens is 1. The van der Waals surface area contributed by atoms with E-state index in [0.29, 0.717) is 13.2 Å². The lowest BCUT2D eigenvalue weighted by Gasteiger charge is -2.00. The Morgan fingerprint density at radius 1 is 1.54 bits per heavy atom. The van der Waals surface area contributed by atoms with Crippen LogP contribution in [0.5, 0.6) is 0 Å². The second-order valence-electron chi connectivity index (χ2n) is 2.60. The second-order valence-corrected chi connectivity index (χ2v) is 3.51. The van der Waals surface area contributed by atoms with E-state index in [1.54, 1.807) is 12.4 Å². The minimum Gasteiger partial charge on any atom is -0.373 e. The van der Waals surface area contributed by atoms with Crippen molar-refractivity contribution >= 4 is 15.9 Å². The van der Waals surface area contributed by atoms with Gasteiger partial charge >= 0.3 is 0 Å². The first-order valence-electron chi connectivity index (χ1n) is 4.11. The molecule has 2 nitrogen and oxygen atoms in total. The van der Waals surface area contributed by atoms with E-state index in [2.05, 4.69) is 20.9 Å². The number of rotatable bonds is 4. The summed E-state index contributed by atoms with van der Waals surface area (Å²) in [5.41, 5.74) is 1.08. The highest BCUT2D eigenvalue weighted by atomic mass is 79.9. The molecule has 1 heterocycles. The molecule has 0 spiro atoms. The summed E-state index contributed by atoms with van der Waals surface area (Å²) in [6.07, 6.45) is 7.51. The number of hydrogen-bond donors (Lipinski definition) is 0. The van der Waals surface area contributed by atoms with E-state index < -0.39 is 0 Å². The quantitative estimate of drug-likeness (QED) is 0.598. The molecule has 3 heteroatoms. The van der Waals surface area contributed by atoms with E-state index >= 15 is 0 Å². The van der Waals surface area contributed by atoms with E-state index in [-0.39, 0.29) is 0 Å². The topological polar surface area (TPSA) is 22.1 Å². The van der Waals surface area contributed by atoms with Crippen LogP contribution in [0.15, 0.2) is 35.1 Å². The van der Waals surface area contributed by atoms with Crippen molar-refractivity contribution in [3.8, 4) is 0 Å². The monoisotopic (exact) mass is 241 g/mol. The summed E-state index contributed by atoms with van der Waals surface area (Å²) in [5.74, 6) is 0. The summed E-state index contributed by atoms with van der Waals surface area (Å²) >= 11 is 3.35. The summed E-state index contributed by atoms with van der Waals surface area (Å²) in [7, 11) is 0. The van der Waals surface area contributed by atoms with Gasteiger partial charge in [-0.05, 0) is 34.5 Å². The average molecular weight is 242 g/mol. The fraction of sp³-hybridized carbons (Fsp3) is 0.300. The molecule has 1 aromatic rings. The molecule has 0 aliphatic heterocycles. The zero-order valence-electron chi connectivity index (χ0n) is 7.53. The summed E-state index contributed by atoms with van der Waals surface area (Å²) < 4.78 is 6.35. The van der Waals surface area contributed by atoms with Crippen LogP contribution in [0.1, 0.15) is 12.5 Å². The molecule has 0 radical (unpaired) electrons. The van der Waals surface area contributed by atoms with Gasteiger partial charge in [-0.25, -0.2) is 0 Å². The molecule has 1 rings (SSSR count). The SMILES string of the molecule is C/C=C/COCc1cncc(Br)c1. The smallest absolute Gasteiger partial charge is 0.0736 e. The highest BCUT2D eigenvalue weighted by Crippen LogP contribution is 2.10. The van der Waals surface area contributed by atoms with Gasteiger partial charge in [-0.1, -0.05) is 12.2 Å². The Balaban J connectivity index is 2.36. The number of pyridine rings is 1. The lowest BCUT2D eigenvalue weighted by molar-refractivity contribution is 0.148. The zero-order valence-corrected chi connectivity index (χ0v) is 9.12. The van der Waals surface area contributed by atoms with Crippen molar-refractivity contribution in [2.45, 2.75) is 13.5 Å². The van der Waals surface area contributed by atoms with E-state index in [4.69, 9.17) is 4.74 Å². The van der Waals surface area contributed by atoms with Gasteiger partial charge in [0.2, 0.25) is 0 Å². The number of aromatic nitrogens is 1. The Labute approximate surface area is 86.8 Å². The lowest BCUT2D eigenvalue weighted by atomic mass is 10.3. The van der Waals surface area contributed by atoms with Crippen LogP contribution >= 0.6 is 15.9 Å². The molecule has 0 N–H and O–H groups in total. The first-order chi connectivity index (χ1) is 6.33. The normalized spacial score (nSPS) is 10.9. The molecule has 0 unspecified atom stereocenters. The van der Waals surface area contributed by atoms with Gasteiger partial charge < -0.3 is 4.74 Å². The van der Waals surface area contributed by atoms with Crippen LogP contribution in [-0.4, -0.2) is 11.6 Å². The Hall–Kier alpha value is -0.670. The second kappa shape index (κ2) is 5.89. The van der Waals surface area contributed by atoms with Crippen molar-refractivity contribution in [2.24, 2.45) is 0 Å². The van der Waals surface area contributed by atoms with E-state index in [1.165, 1.54) is 0 Å². The van der Waals surface area contributed by atoms with Crippen molar-refractivity contribution in [1.82, 2.24) is 4.98 Å². The van der Waals surface area contributed by atoms with E-state index in [1.807, 2.05) is 25.1 Å². The van der Waals surface area contributed by atoms with E-state index in [9.17, 15) is 0 Å². The molecule has 70 valence electrons. The summed E-state index contributed by atoms with van der Waals surface area (Å²) in [4.78, 5) is 4.04. The van der Waals surface area contributed by atoms with Crippen LogP contribution in [-0.2, 0) is 11.3 Å². The third-order valence-electron chi connectivity index (χ3n) is 1.48. The van der Waals surface area contributed by atoms with Crippen molar-refractivity contribution in [3.05, 3.63) is 40.6 Å². The number of ether oxygens (including phenoxy) is 1. The third kappa shape index (κ3) is 4.20. The Morgan fingerprint density at radius 3 is 3.08 bits per heavy atom. The zero-order chi connectivity index (χ0) is 9.52. The first kappa shape index (κ1) is 10.4. The minimum absolute atomic E-state index is 0.608. The number of nitrogens with zero attached hydrogens (tertiary/aromatic N) is 1. The van der Waals surface area contributed by atoms with E-state index in [0.717, 1.165) is 10.0 Å². The Kier molecular flexibility index (Phi) is 4.72. The summed E-state index contributed by atoms with van der Waals surface area (Å²) in [6, 6.07) is 2.00. The standard InChI is InChI=1S/C10H12BrNO/c1-2-3-4-13-8-9-5-10(11)7-12-6-9/h2-3,5-7H,4,8H2,1H3/b3-2+. The molecule has 0 aromatic carbocycles. The fourth-order valence-corrected chi connectivity index (χ4v) is 1.29. The van der Waals surface area contributed by atoms with Crippen molar-refractivity contribution in [3.63, 3.8) is 0 Å². The van der Waals surface area contributed by atoms with Crippen molar-refractivity contribution in [2.75, 3.05) is 6.61 Å². The summed E-state index contributed by atoms with van der Waals surface area (Å²) in [6.45, 7) is 3.24. The molecule has 0 atom stereocenters. The minimum atomic E-state index is 0.608. The molecule has 1 aromatic heterocycles. The lowest BCUT2D eigenvalue weighted by Crippen LogP contribution is -1.93. The predicted octanol–water partition coefficient (Wildman–Crippen LogP) is 2.94. The van der Waals surface area contributed by atoms with Gasteiger partial charge in [-0.3, -0.25) is 4.98 Å². The largest absolute Gasteiger partial charge is 0.373 e. The Morgan fingerprint density at radius 2 is 2.38 bits per heavy atom. The van der Waals surface area contributed by atoms with Gasteiger partial charge in [0.05, 0.1) is 13.2 Å². The fourth-order valence-electron chi connectivity index (χ4n) is 0.876. The van der Waals surface area contributed by atoms with Gasteiger partial charge in [-0.2, -0.15) is 0 Å². The molecule has 0 saturated heterocycles. The summed E-state index contributed by atoms with van der Waals surface area (Å²) in [5, 5.41) is 0. The molecule has 0 aliphatic rings. The van der Waals surface area contributed by atoms with Gasteiger partial charge in [-0.15, -0.1) is 0 Å². The van der Waals surface area contributed by atoms with Gasteiger partial charge in [0.1, 0.15) is 0 Å². The van der Waals surface area contributed by atoms with Gasteiger partial charge in [0.25, 0.3) is 0 Å².